The van der Waals surface area contributed by atoms with Crippen LogP contribution in [0.4, 0.5) is 0 Å². The molecule has 0 aromatic heterocycles. The molecule has 2 N–H and O–H groups in total. The van der Waals surface area contributed by atoms with Crippen LogP contribution in [-0.4, -0.2) is 49.9 Å². The van der Waals surface area contributed by atoms with E-state index in [1.807, 2.05) is 27.7 Å². The molecule has 0 atom stereocenters. The maximum absolute atomic E-state index is 11.7. The highest BCUT2D eigenvalue weighted by molar-refractivity contribution is 5.83. The zero-order chi connectivity index (χ0) is 17.8. The van der Waals surface area contributed by atoms with Crippen molar-refractivity contribution in [2.24, 2.45) is 4.99 Å². The van der Waals surface area contributed by atoms with Crippen molar-refractivity contribution in [2.45, 2.75) is 77.9 Å². The van der Waals surface area contributed by atoms with Crippen LogP contribution in [0, 0.1) is 0 Å². The number of carbonyl (C=O) groups is 1. The molecule has 0 aliphatic heterocycles. The largest absolute Gasteiger partial charge is 0.459 e. The van der Waals surface area contributed by atoms with Gasteiger partial charge in [0.2, 0.25) is 0 Å². The van der Waals surface area contributed by atoms with Crippen molar-refractivity contribution in [3.05, 3.63) is 0 Å². The van der Waals surface area contributed by atoms with Gasteiger partial charge in [-0.05, 0) is 47.0 Å². The summed E-state index contributed by atoms with van der Waals surface area (Å²) in [5.41, 5.74) is -0.477. The average Bonchev–Trinajstić information content (AvgIpc) is 2.51. The topological polar surface area (TPSA) is 72.0 Å². The molecule has 1 aliphatic rings. The summed E-state index contributed by atoms with van der Waals surface area (Å²) in [5.74, 6) is 0.321. The molecule has 0 amide bonds. The molecule has 6 nitrogen and oxygen atoms in total. The zero-order valence-electron chi connectivity index (χ0n) is 15.8. The van der Waals surface area contributed by atoms with E-state index in [2.05, 4.69) is 15.6 Å². The summed E-state index contributed by atoms with van der Waals surface area (Å²) in [4.78, 5) is 16.0. The Labute approximate surface area is 146 Å². The molecule has 1 saturated carbocycles. The molecule has 1 rings (SSSR count). The van der Waals surface area contributed by atoms with Crippen LogP contribution >= 0.6 is 0 Å². The number of carbonyl (C=O) groups excluding carboxylic acids is 1. The number of nitrogens with one attached hydrogen (secondary N) is 2. The van der Waals surface area contributed by atoms with Crippen molar-refractivity contribution in [3.63, 3.8) is 0 Å². The summed E-state index contributed by atoms with van der Waals surface area (Å²) in [6.45, 7) is 9.86. The number of ether oxygens (including phenoxy) is 2. The molecule has 6 heteroatoms. The van der Waals surface area contributed by atoms with E-state index in [1.165, 1.54) is 32.1 Å². The number of aliphatic imine (C=N–C) groups is 1. The summed E-state index contributed by atoms with van der Waals surface area (Å²) < 4.78 is 11.2. The van der Waals surface area contributed by atoms with Crippen LogP contribution in [0.3, 0.4) is 0 Å². The highest BCUT2D eigenvalue weighted by Crippen LogP contribution is 2.20. The normalized spacial score (nSPS) is 16.8. The molecule has 24 heavy (non-hydrogen) atoms. The lowest BCUT2D eigenvalue weighted by Crippen LogP contribution is -2.39. The Kier molecular flexibility index (Phi) is 9.76. The van der Waals surface area contributed by atoms with Crippen molar-refractivity contribution in [1.82, 2.24) is 10.6 Å². The van der Waals surface area contributed by atoms with Gasteiger partial charge in [-0.1, -0.05) is 19.3 Å². The van der Waals surface area contributed by atoms with Gasteiger partial charge in [-0.3, -0.25) is 4.79 Å². The molecule has 0 aromatic carbocycles. The molecule has 1 fully saturated rings. The zero-order valence-corrected chi connectivity index (χ0v) is 15.8. The van der Waals surface area contributed by atoms with Gasteiger partial charge in [0.1, 0.15) is 12.1 Å². The molecule has 1 aliphatic carbocycles. The van der Waals surface area contributed by atoms with Crippen LogP contribution in [0.2, 0.25) is 0 Å². The molecule has 0 spiro atoms. The summed E-state index contributed by atoms with van der Waals surface area (Å²) >= 11 is 0. The van der Waals surface area contributed by atoms with Crippen LogP contribution in [0.25, 0.3) is 0 Å². The molecule has 0 unspecified atom stereocenters. The smallest absolute Gasteiger partial charge is 0.328 e. The Morgan fingerprint density at radius 1 is 1.17 bits per heavy atom. The number of esters is 1. The molecule has 140 valence electrons. The molecule has 0 heterocycles. The van der Waals surface area contributed by atoms with Crippen molar-refractivity contribution < 1.29 is 14.3 Å². The van der Waals surface area contributed by atoms with Gasteiger partial charge < -0.3 is 20.1 Å². The van der Waals surface area contributed by atoms with E-state index in [4.69, 9.17) is 9.47 Å². The van der Waals surface area contributed by atoms with E-state index in [1.54, 1.807) is 0 Å². The van der Waals surface area contributed by atoms with Crippen LogP contribution in [-0.2, 0) is 14.3 Å². The summed E-state index contributed by atoms with van der Waals surface area (Å²) in [6, 6.07) is 0. The highest BCUT2D eigenvalue weighted by atomic mass is 16.6. The van der Waals surface area contributed by atoms with Crippen molar-refractivity contribution in [2.75, 3.05) is 26.2 Å². The quantitative estimate of drug-likeness (QED) is 0.307. The Balaban J connectivity index is 2.21. The molecular weight excluding hydrogens is 306 g/mol. The van der Waals surface area contributed by atoms with E-state index in [0.717, 1.165) is 26.1 Å². The van der Waals surface area contributed by atoms with Crippen LogP contribution < -0.4 is 10.6 Å². The standard InChI is InChI=1S/C18H35N3O3/c1-5-19-17(21-14-16(22)24-18(2,3)4)20-12-9-13-23-15-10-7-6-8-11-15/h15H,5-14H2,1-4H3,(H2,19,20,21). The Bertz CT molecular complexity index is 385. The lowest BCUT2D eigenvalue weighted by molar-refractivity contribution is -0.152. The van der Waals surface area contributed by atoms with Gasteiger partial charge in [-0.15, -0.1) is 0 Å². The first kappa shape index (κ1) is 20.7. The first-order valence-electron chi connectivity index (χ1n) is 9.26. The predicted octanol–water partition coefficient (Wildman–Crippen LogP) is 2.62. The fraction of sp³-hybridized carbons (Fsp3) is 0.889. The minimum Gasteiger partial charge on any atom is -0.459 e. The number of rotatable bonds is 8. The second-order valence-corrected chi connectivity index (χ2v) is 7.19. The Morgan fingerprint density at radius 3 is 2.50 bits per heavy atom. The maximum atomic E-state index is 11.7. The first-order chi connectivity index (χ1) is 11.4. The summed E-state index contributed by atoms with van der Waals surface area (Å²) in [6.07, 6.45) is 7.72. The minimum absolute atomic E-state index is 0.0190. The summed E-state index contributed by atoms with van der Waals surface area (Å²) in [7, 11) is 0. The third kappa shape index (κ3) is 10.5. The van der Waals surface area contributed by atoms with E-state index in [0.29, 0.717) is 12.1 Å². The predicted molar refractivity (Wildman–Crippen MR) is 97.3 cm³/mol. The molecule has 0 bridgehead atoms. The lowest BCUT2D eigenvalue weighted by Gasteiger charge is -2.22. The average molecular weight is 341 g/mol. The number of hydrogen-bond acceptors (Lipinski definition) is 4. The van der Waals surface area contributed by atoms with E-state index in [-0.39, 0.29) is 12.5 Å². The Hall–Kier alpha value is -1.30. The van der Waals surface area contributed by atoms with Crippen LogP contribution in [0.5, 0.6) is 0 Å². The second-order valence-electron chi connectivity index (χ2n) is 7.19. The fourth-order valence-electron chi connectivity index (χ4n) is 2.62. The van der Waals surface area contributed by atoms with Crippen molar-refractivity contribution in [3.8, 4) is 0 Å². The lowest BCUT2D eigenvalue weighted by atomic mass is 9.98. The molecule has 0 radical (unpaired) electrons. The summed E-state index contributed by atoms with van der Waals surface area (Å²) in [5, 5.41) is 6.36. The third-order valence-electron chi connectivity index (χ3n) is 3.65. The van der Waals surface area contributed by atoms with Crippen molar-refractivity contribution in [1.29, 1.82) is 0 Å². The first-order valence-corrected chi connectivity index (χ1v) is 9.26. The van der Waals surface area contributed by atoms with Crippen LogP contribution in [0.1, 0.15) is 66.2 Å². The number of guanidine groups is 1. The van der Waals surface area contributed by atoms with Gasteiger partial charge in [0.25, 0.3) is 0 Å². The highest BCUT2D eigenvalue weighted by Gasteiger charge is 2.16. The number of hydrogen-bond donors (Lipinski definition) is 2. The van der Waals surface area contributed by atoms with Gasteiger partial charge >= 0.3 is 5.97 Å². The maximum Gasteiger partial charge on any atom is 0.328 e. The molecule has 0 saturated heterocycles. The third-order valence-corrected chi connectivity index (χ3v) is 3.65. The van der Waals surface area contributed by atoms with E-state index >= 15 is 0 Å². The van der Waals surface area contributed by atoms with Gasteiger partial charge in [0.15, 0.2) is 5.96 Å². The molecule has 0 aromatic rings. The number of nitrogens with zero attached hydrogens (tertiary/aromatic N) is 1. The van der Waals surface area contributed by atoms with Gasteiger partial charge in [-0.25, -0.2) is 4.99 Å². The molecular formula is C18H35N3O3. The monoisotopic (exact) mass is 341 g/mol. The van der Waals surface area contributed by atoms with Gasteiger partial charge in [0, 0.05) is 19.7 Å². The second kappa shape index (κ2) is 11.3. The van der Waals surface area contributed by atoms with E-state index in [9.17, 15) is 4.79 Å². The minimum atomic E-state index is -0.477. The Morgan fingerprint density at radius 2 is 1.88 bits per heavy atom. The van der Waals surface area contributed by atoms with Gasteiger partial charge in [-0.2, -0.15) is 0 Å². The van der Waals surface area contributed by atoms with E-state index < -0.39 is 5.60 Å². The fourth-order valence-corrected chi connectivity index (χ4v) is 2.62. The van der Waals surface area contributed by atoms with Crippen LogP contribution in [0.15, 0.2) is 4.99 Å². The van der Waals surface area contributed by atoms with Gasteiger partial charge in [0.05, 0.1) is 6.10 Å². The van der Waals surface area contributed by atoms with Crippen molar-refractivity contribution >= 4 is 11.9 Å². The SMILES string of the molecule is CCNC(=NCC(=O)OC(C)(C)C)NCCCOC1CCCCC1.